The molecule has 0 radical (unpaired) electrons. The van der Waals surface area contributed by atoms with Gasteiger partial charge in [-0.3, -0.25) is 9.59 Å². The lowest BCUT2D eigenvalue weighted by atomic mass is 10.1. The smallest absolute Gasteiger partial charge is 0.255 e. The zero-order chi connectivity index (χ0) is 24.2. The van der Waals surface area contributed by atoms with Gasteiger partial charge in [0.05, 0.1) is 23.9 Å². The molecule has 9 nitrogen and oxygen atoms in total. The Morgan fingerprint density at radius 3 is 2.55 bits per heavy atom. The quantitative estimate of drug-likeness (QED) is 0.582. The lowest BCUT2D eigenvalue weighted by Gasteiger charge is -2.15. The van der Waals surface area contributed by atoms with Crippen LogP contribution >= 0.6 is 11.6 Å². The van der Waals surface area contributed by atoms with E-state index in [4.69, 9.17) is 21.1 Å². The summed E-state index contributed by atoms with van der Waals surface area (Å²) in [6, 6.07) is 8.62. The number of nitrogens with zero attached hydrogens (tertiary/aromatic N) is 1. The highest BCUT2D eigenvalue weighted by atomic mass is 35.5. The number of halogens is 1. The van der Waals surface area contributed by atoms with Crippen LogP contribution in [0, 0.1) is 0 Å². The average Bonchev–Trinajstić information content (AvgIpc) is 3.31. The van der Waals surface area contributed by atoms with E-state index in [2.05, 4.69) is 10.0 Å². The highest BCUT2D eigenvalue weighted by molar-refractivity contribution is 7.89. The molecular formula is C22H26ClN3O6S. The molecule has 178 valence electrons. The van der Waals surface area contributed by atoms with Crippen molar-refractivity contribution in [3.63, 3.8) is 0 Å². The topological polar surface area (TPSA) is 114 Å². The Labute approximate surface area is 198 Å². The first-order chi connectivity index (χ1) is 15.6. The number of anilines is 1. The molecule has 2 amide bonds. The van der Waals surface area contributed by atoms with E-state index in [1.807, 2.05) is 0 Å². The van der Waals surface area contributed by atoms with Crippen LogP contribution in [0.15, 0.2) is 41.3 Å². The summed E-state index contributed by atoms with van der Waals surface area (Å²) >= 11 is 6.13. The van der Waals surface area contributed by atoms with Crippen LogP contribution in [0.5, 0.6) is 5.75 Å². The molecule has 0 saturated carbocycles. The van der Waals surface area contributed by atoms with Gasteiger partial charge in [-0.25, -0.2) is 13.1 Å². The molecule has 1 unspecified atom stereocenters. The second-order valence-corrected chi connectivity index (χ2v) is 9.84. The first kappa shape index (κ1) is 25.0. The fraction of sp³-hybridized carbons (Fsp3) is 0.364. The minimum Gasteiger partial charge on any atom is -0.495 e. The van der Waals surface area contributed by atoms with Gasteiger partial charge in [-0.1, -0.05) is 11.6 Å². The van der Waals surface area contributed by atoms with Crippen LogP contribution in [0.1, 0.15) is 33.6 Å². The molecule has 0 aromatic heterocycles. The number of benzene rings is 2. The summed E-state index contributed by atoms with van der Waals surface area (Å²) in [4.78, 5) is 26.4. The van der Waals surface area contributed by atoms with Crippen molar-refractivity contribution in [3.8, 4) is 5.75 Å². The molecule has 0 bridgehead atoms. The van der Waals surface area contributed by atoms with Gasteiger partial charge in [0.1, 0.15) is 10.6 Å². The van der Waals surface area contributed by atoms with Gasteiger partial charge in [-0.15, -0.1) is 0 Å². The number of carbonyl (C=O) groups is 2. The van der Waals surface area contributed by atoms with Crippen LogP contribution < -0.4 is 14.8 Å². The largest absolute Gasteiger partial charge is 0.495 e. The van der Waals surface area contributed by atoms with E-state index >= 15 is 0 Å². The fourth-order valence-corrected chi connectivity index (χ4v) is 4.92. The van der Waals surface area contributed by atoms with E-state index in [1.165, 1.54) is 36.3 Å². The highest BCUT2D eigenvalue weighted by Gasteiger charge is 2.24. The minimum atomic E-state index is -3.96. The maximum Gasteiger partial charge on any atom is 0.255 e. The fourth-order valence-electron chi connectivity index (χ4n) is 3.33. The Bertz CT molecular complexity index is 1150. The van der Waals surface area contributed by atoms with Crippen LogP contribution in [0.2, 0.25) is 5.02 Å². The number of hydrogen-bond donors (Lipinski definition) is 2. The van der Waals surface area contributed by atoms with Crippen LogP contribution in [-0.4, -0.2) is 65.6 Å². The zero-order valence-corrected chi connectivity index (χ0v) is 20.1. The van der Waals surface area contributed by atoms with Crippen LogP contribution in [0.4, 0.5) is 5.69 Å². The summed E-state index contributed by atoms with van der Waals surface area (Å²) in [5.74, 6) is -0.487. The SMILES string of the molecule is COc1ccc(C(=O)N(C)C)cc1NC(=O)c1ccc(Cl)c(S(=O)(=O)NCC2CCCO2)c1. The lowest BCUT2D eigenvalue weighted by Crippen LogP contribution is -2.32. The molecule has 1 saturated heterocycles. The third kappa shape index (κ3) is 6.02. The monoisotopic (exact) mass is 495 g/mol. The average molecular weight is 496 g/mol. The summed E-state index contributed by atoms with van der Waals surface area (Å²) < 4.78 is 38.8. The van der Waals surface area contributed by atoms with Crippen molar-refractivity contribution in [1.29, 1.82) is 0 Å². The number of nitrogens with one attached hydrogen (secondary N) is 2. The molecule has 1 aliphatic rings. The van der Waals surface area contributed by atoms with Crippen LogP contribution in [0.25, 0.3) is 0 Å². The Balaban J connectivity index is 1.83. The third-order valence-electron chi connectivity index (χ3n) is 5.11. The van der Waals surface area contributed by atoms with E-state index in [-0.39, 0.29) is 39.7 Å². The van der Waals surface area contributed by atoms with E-state index in [0.29, 0.717) is 17.9 Å². The molecule has 3 rings (SSSR count). The molecule has 33 heavy (non-hydrogen) atoms. The molecule has 0 aliphatic carbocycles. The number of methoxy groups -OCH3 is 1. The summed E-state index contributed by atoms with van der Waals surface area (Å²) in [7, 11) is 0.708. The van der Waals surface area contributed by atoms with Crippen LogP contribution in [-0.2, 0) is 14.8 Å². The van der Waals surface area contributed by atoms with Gasteiger partial charge < -0.3 is 19.7 Å². The molecule has 2 aromatic rings. The van der Waals surface area contributed by atoms with E-state index in [1.54, 1.807) is 26.2 Å². The second kappa shape index (κ2) is 10.5. The highest BCUT2D eigenvalue weighted by Crippen LogP contribution is 2.28. The van der Waals surface area contributed by atoms with Gasteiger partial charge in [0.25, 0.3) is 11.8 Å². The lowest BCUT2D eigenvalue weighted by molar-refractivity contribution is 0.0827. The Morgan fingerprint density at radius 1 is 1.18 bits per heavy atom. The number of rotatable bonds is 8. The summed E-state index contributed by atoms with van der Waals surface area (Å²) in [6.07, 6.45) is 1.47. The van der Waals surface area contributed by atoms with Gasteiger partial charge >= 0.3 is 0 Å². The molecule has 1 atom stereocenters. The first-order valence-electron chi connectivity index (χ1n) is 10.2. The van der Waals surface area contributed by atoms with Crippen molar-refractivity contribution in [2.75, 3.05) is 39.7 Å². The maximum absolute atomic E-state index is 12.9. The third-order valence-corrected chi connectivity index (χ3v) is 7.01. The van der Waals surface area contributed by atoms with Crippen molar-refractivity contribution < 1.29 is 27.5 Å². The molecular weight excluding hydrogens is 470 g/mol. The van der Waals surface area contributed by atoms with Gasteiger partial charge in [0.2, 0.25) is 10.0 Å². The van der Waals surface area contributed by atoms with Crippen LogP contribution in [0.3, 0.4) is 0 Å². The Morgan fingerprint density at radius 2 is 1.91 bits per heavy atom. The standard InChI is InChI=1S/C22H26ClN3O6S/c1-26(2)22(28)15-7-9-19(31-3)18(11-15)25-21(27)14-6-8-17(23)20(12-14)33(29,30)24-13-16-5-4-10-32-16/h6-9,11-12,16,24H,4-5,10,13H2,1-3H3,(H,25,27). The van der Waals surface area contributed by atoms with Crippen molar-refractivity contribution in [1.82, 2.24) is 9.62 Å². The maximum atomic E-state index is 12.9. The summed E-state index contributed by atoms with van der Waals surface area (Å²) in [6.45, 7) is 0.729. The van der Waals surface area contributed by atoms with Crippen molar-refractivity contribution in [2.45, 2.75) is 23.8 Å². The predicted octanol–water partition coefficient (Wildman–Crippen LogP) is 2.76. The van der Waals surface area contributed by atoms with E-state index in [9.17, 15) is 18.0 Å². The minimum absolute atomic E-state index is 0.0115. The van der Waals surface area contributed by atoms with Crippen molar-refractivity contribution in [2.24, 2.45) is 0 Å². The van der Waals surface area contributed by atoms with Crippen molar-refractivity contribution in [3.05, 3.63) is 52.5 Å². The molecule has 2 aromatic carbocycles. The molecule has 1 aliphatic heterocycles. The molecule has 1 fully saturated rings. The second-order valence-electron chi connectivity index (χ2n) is 7.70. The summed E-state index contributed by atoms with van der Waals surface area (Å²) in [5, 5.41) is 2.66. The number of sulfonamides is 1. The molecule has 2 N–H and O–H groups in total. The van der Waals surface area contributed by atoms with Gasteiger partial charge in [-0.2, -0.15) is 0 Å². The summed E-state index contributed by atoms with van der Waals surface area (Å²) in [5.41, 5.74) is 0.697. The molecule has 1 heterocycles. The zero-order valence-electron chi connectivity index (χ0n) is 18.6. The predicted molar refractivity (Wildman–Crippen MR) is 125 cm³/mol. The number of amides is 2. The normalized spacial score (nSPS) is 15.8. The van der Waals surface area contributed by atoms with Crippen molar-refractivity contribution >= 4 is 39.1 Å². The number of hydrogen-bond acceptors (Lipinski definition) is 6. The molecule has 0 spiro atoms. The number of carbonyl (C=O) groups excluding carboxylic acids is 2. The Hall–Kier alpha value is -2.66. The number of ether oxygens (including phenoxy) is 2. The Kier molecular flexibility index (Phi) is 7.96. The molecule has 11 heteroatoms. The van der Waals surface area contributed by atoms with E-state index < -0.39 is 15.9 Å². The van der Waals surface area contributed by atoms with Gasteiger partial charge in [-0.05, 0) is 49.2 Å². The first-order valence-corrected chi connectivity index (χ1v) is 12.1. The van der Waals surface area contributed by atoms with Gasteiger partial charge in [0, 0.05) is 38.4 Å². The van der Waals surface area contributed by atoms with E-state index in [0.717, 1.165) is 12.8 Å². The van der Waals surface area contributed by atoms with Gasteiger partial charge in [0.15, 0.2) is 0 Å².